The standard InChI is InChI=1S/C12H19N3O2S/c1-11(12-5-3-2-4-6-12)14-18(16,17)15-9-7-13-8-10-15/h2-6,11,13-14H,7-10H2,1H3/t11-/m0/s1. The van der Waals surface area contributed by atoms with Gasteiger partial charge in [-0.05, 0) is 12.5 Å². The van der Waals surface area contributed by atoms with Crippen molar-refractivity contribution in [2.45, 2.75) is 13.0 Å². The molecule has 1 aliphatic heterocycles. The number of benzene rings is 1. The van der Waals surface area contributed by atoms with Crippen molar-refractivity contribution in [1.29, 1.82) is 0 Å². The fourth-order valence-corrected chi connectivity index (χ4v) is 3.39. The molecular formula is C12H19N3O2S. The van der Waals surface area contributed by atoms with Crippen molar-refractivity contribution >= 4 is 10.2 Å². The Morgan fingerprint density at radius 2 is 1.83 bits per heavy atom. The smallest absolute Gasteiger partial charge is 0.280 e. The predicted molar refractivity (Wildman–Crippen MR) is 71.4 cm³/mol. The van der Waals surface area contributed by atoms with E-state index in [0.29, 0.717) is 26.2 Å². The fraction of sp³-hybridized carbons (Fsp3) is 0.500. The van der Waals surface area contributed by atoms with Gasteiger partial charge >= 0.3 is 0 Å². The molecule has 2 rings (SSSR count). The highest BCUT2D eigenvalue weighted by Crippen LogP contribution is 2.14. The lowest BCUT2D eigenvalue weighted by Gasteiger charge is -2.28. The van der Waals surface area contributed by atoms with Crippen LogP contribution in [-0.4, -0.2) is 38.9 Å². The maximum Gasteiger partial charge on any atom is 0.280 e. The lowest BCUT2D eigenvalue weighted by molar-refractivity contribution is 0.352. The summed E-state index contributed by atoms with van der Waals surface area (Å²) in [7, 11) is -3.39. The summed E-state index contributed by atoms with van der Waals surface area (Å²) in [5, 5.41) is 3.14. The van der Waals surface area contributed by atoms with Crippen molar-refractivity contribution in [3.8, 4) is 0 Å². The summed E-state index contributed by atoms with van der Waals surface area (Å²) in [6.45, 7) is 4.32. The number of nitrogens with zero attached hydrogens (tertiary/aromatic N) is 1. The molecule has 0 aliphatic carbocycles. The Balaban J connectivity index is 2.03. The van der Waals surface area contributed by atoms with Crippen LogP contribution in [0, 0.1) is 0 Å². The average molecular weight is 269 g/mol. The van der Waals surface area contributed by atoms with Crippen LogP contribution in [0.15, 0.2) is 30.3 Å². The lowest BCUT2D eigenvalue weighted by atomic mass is 10.1. The first kappa shape index (κ1) is 13.5. The predicted octanol–water partition coefficient (Wildman–Crippen LogP) is 0.487. The van der Waals surface area contributed by atoms with Crippen molar-refractivity contribution in [3.05, 3.63) is 35.9 Å². The van der Waals surface area contributed by atoms with Gasteiger partial charge in [0.15, 0.2) is 0 Å². The Kier molecular flexibility index (Phi) is 4.34. The van der Waals surface area contributed by atoms with E-state index in [2.05, 4.69) is 10.0 Å². The number of piperazine rings is 1. The van der Waals surface area contributed by atoms with Gasteiger partial charge < -0.3 is 5.32 Å². The highest BCUT2D eigenvalue weighted by molar-refractivity contribution is 7.87. The molecule has 1 fully saturated rings. The van der Waals surface area contributed by atoms with Crippen LogP contribution in [0.4, 0.5) is 0 Å². The van der Waals surface area contributed by atoms with Crippen LogP contribution >= 0.6 is 0 Å². The maximum absolute atomic E-state index is 12.2. The first-order valence-corrected chi connectivity index (χ1v) is 7.57. The molecule has 1 atom stereocenters. The summed E-state index contributed by atoms with van der Waals surface area (Å²) in [5.41, 5.74) is 0.969. The molecule has 0 bridgehead atoms. The molecule has 5 nitrogen and oxygen atoms in total. The minimum atomic E-state index is -3.39. The second-order valence-corrected chi connectivity index (χ2v) is 6.11. The number of hydrogen-bond acceptors (Lipinski definition) is 3. The quantitative estimate of drug-likeness (QED) is 0.836. The van der Waals surface area contributed by atoms with Gasteiger partial charge in [0.05, 0.1) is 0 Å². The molecule has 1 aromatic carbocycles. The van der Waals surface area contributed by atoms with Gasteiger partial charge in [0.2, 0.25) is 0 Å². The zero-order valence-corrected chi connectivity index (χ0v) is 11.3. The molecule has 0 amide bonds. The van der Waals surface area contributed by atoms with E-state index in [0.717, 1.165) is 5.56 Å². The second-order valence-electron chi connectivity index (χ2n) is 4.40. The molecule has 100 valence electrons. The molecule has 6 heteroatoms. The zero-order valence-electron chi connectivity index (χ0n) is 10.5. The monoisotopic (exact) mass is 269 g/mol. The maximum atomic E-state index is 12.2. The summed E-state index contributed by atoms with van der Waals surface area (Å²) in [4.78, 5) is 0. The third kappa shape index (κ3) is 3.29. The van der Waals surface area contributed by atoms with E-state index < -0.39 is 10.2 Å². The van der Waals surface area contributed by atoms with Crippen LogP contribution in [0.25, 0.3) is 0 Å². The summed E-state index contributed by atoms with van der Waals surface area (Å²) < 4.78 is 28.5. The molecule has 1 aliphatic rings. The van der Waals surface area contributed by atoms with E-state index in [1.807, 2.05) is 37.3 Å². The molecule has 0 saturated carbocycles. The van der Waals surface area contributed by atoms with Crippen LogP contribution in [-0.2, 0) is 10.2 Å². The highest BCUT2D eigenvalue weighted by atomic mass is 32.2. The average Bonchev–Trinajstić information content (AvgIpc) is 2.40. The number of nitrogens with one attached hydrogen (secondary N) is 2. The van der Waals surface area contributed by atoms with E-state index in [1.165, 1.54) is 4.31 Å². The van der Waals surface area contributed by atoms with Crippen molar-refractivity contribution in [2.24, 2.45) is 0 Å². The summed E-state index contributed by atoms with van der Waals surface area (Å²) >= 11 is 0. The van der Waals surface area contributed by atoms with E-state index in [-0.39, 0.29) is 6.04 Å². The Bertz CT molecular complexity index is 469. The van der Waals surface area contributed by atoms with Crippen LogP contribution < -0.4 is 10.0 Å². The summed E-state index contributed by atoms with van der Waals surface area (Å²) in [6, 6.07) is 9.36. The van der Waals surface area contributed by atoms with Crippen molar-refractivity contribution in [1.82, 2.24) is 14.3 Å². The van der Waals surface area contributed by atoms with Crippen LogP contribution in [0.3, 0.4) is 0 Å². The van der Waals surface area contributed by atoms with Gasteiger partial charge in [-0.15, -0.1) is 0 Å². The third-order valence-corrected chi connectivity index (χ3v) is 4.74. The van der Waals surface area contributed by atoms with Crippen molar-refractivity contribution in [2.75, 3.05) is 26.2 Å². The minimum Gasteiger partial charge on any atom is -0.314 e. The molecule has 1 saturated heterocycles. The van der Waals surface area contributed by atoms with E-state index in [1.54, 1.807) is 0 Å². The highest BCUT2D eigenvalue weighted by Gasteiger charge is 2.25. The van der Waals surface area contributed by atoms with Gasteiger partial charge in [0.25, 0.3) is 10.2 Å². The topological polar surface area (TPSA) is 61.4 Å². The molecule has 0 spiro atoms. The van der Waals surface area contributed by atoms with E-state index in [9.17, 15) is 8.42 Å². The van der Waals surface area contributed by atoms with Gasteiger partial charge in [-0.3, -0.25) is 0 Å². The van der Waals surface area contributed by atoms with Crippen molar-refractivity contribution in [3.63, 3.8) is 0 Å². The van der Waals surface area contributed by atoms with Crippen molar-refractivity contribution < 1.29 is 8.42 Å². The molecule has 0 radical (unpaired) electrons. The molecule has 1 heterocycles. The lowest BCUT2D eigenvalue weighted by Crippen LogP contribution is -2.50. The molecule has 1 aromatic rings. The zero-order chi connectivity index (χ0) is 13.0. The minimum absolute atomic E-state index is 0.217. The Morgan fingerprint density at radius 3 is 2.44 bits per heavy atom. The SMILES string of the molecule is C[C@H](NS(=O)(=O)N1CCNCC1)c1ccccc1. The molecule has 2 N–H and O–H groups in total. The van der Waals surface area contributed by atoms with Crippen LogP contribution in [0.1, 0.15) is 18.5 Å². The molecule has 0 aromatic heterocycles. The molecule has 18 heavy (non-hydrogen) atoms. The Hall–Kier alpha value is -0.950. The first-order valence-electron chi connectivity index (χ1n) is 6.12. The number of hydrogen-bond donors (Lipinski definition) is 2. The first-order chi connectivity index (χ1) is 8.59. The van der Waals surface area contributed by atoms with E-state index in [4.69, 9.17) is 0 Å². The Labute approximate surface area is 108 Å². The third-order valence-electron chi connectivity index (χ3n) is 3.04. The molecule has 0 unspecified atom stereocenters. The van der Waals surface area contributed by atoms with Crippen LogP contribution in [0.5, 0.6) is 0 Å². The Morgan fingerprint density at radius 1 is 1.22 bits per heavy atom. The second kappa shape index (κ2) is 5.79. The largest absolute Gasteiger partial charge is 0.314 e. The van der Waals surface area contributed by atoms with Gasteiger partial charge in [0.1, 0.15) is 0 Å². The van der Waals surface area contributed by atoms with E-state index >= 15 is 0 Å². The molecular weight excluding hydrogens is 250 g/mol. The van der Waals surface area contributed by atoms with Gasteiger partial charge in [-0.2, -0.15) is 17.4 Å². The fourth-order valence-electron chi connectivity index (χ4n) is 1.99. The number of rotatable bonds is 4. The normalized spacial score (nSPS) is 19.6. The van der Waals surface area contributed by atoms with Gasteiger partial charge in [-0.1, -0.05) is 30.3 Å². The van der Waals surface area contributed by atoms with Gasteiger partial charge in [-0.25, -0.2) is 0 Å². The van der Waals surface area contributed by atoms with Gasteiger partial charge in [0, 0.05) is 32.2 Å². The van der Waals surface area contributed by atoms with Crippen LogP contribution in [0.2, 0.25) is 0 Å². The summed E-state index contributed by atoms with van der Waals surface area (Å²) in [5.74, 6) is 0. The summed E-state index contributed by atoms with van der Waals surface area (Å²) in [6.07, 6.45) is 0.